The second kappa shape index (κ2) is 7.99. The normalized spacial score (nSPS) is 18.5. The summed E-state index contributed by atoms with van der Waals surface area (Å²) in [5, 5.41) is 3.05. The number of hydrogen-bond acceptors (Lipinski definition) is 3. The Morgan fingerprint density at radius 2 is 1.85 bits per heavy atom. The van der Waals surface area contributed by atoms with Gasteiger partial charge in [0.15, 0.2) is 0 Å². The summed E-state index contributed by atoms with van der Waals surface area (Å²) in [5.74, 6) is 0.806. The van der Waals surface area contributed by atoms with Crippen LogP contribution in [0.15, 0.2) is 0 Å². The highest BCUT2D eigenvalue weighted by molar-refractivity contribution is 5.76. The van der Waals surface area contributed by atoms with Gasteiger partial charge in [-0.1, -0.05) is 0 Å². The van der Waals surface area contributed by atoms with E-state index in [9.17, 15) is 4.79 Å². The molecule has 1 heterocycles. The lowest BCUT2D eigenvalue weighted by Crippen LogP contribution is -2.46. The van der Waals surface area contributed by atoms with Gasteiger partial charge in [0.2, 0.25) is 5.91 Å². The summed E-state index contributed by atoms with van der Waals surface area (Å²) >= 11 is 0. The minimum Gasteiger partial charge on any atom is -0.356 e. The van der Waals surface area contributed by atoms with Gasteiger partial charge in [-0.3, -0.25) is 9.69 Å². The maximum absolute atomic E-state index is 11.9. The number of hydrogen-bond donors (Lipinski definition) is 1. The topological polar surface area (TPSA) is 35.6 Å². The molecule has 4 nitrogen and oxygen atoms in total. The molecule has 1 amide bonds. The summed E-state index contributed by atoms with van der Waals surface area (Å²) in [4.78, 5) is 16.6. The van der Waals surface area contributed by atoms with Crippen LogP contribution in [0.1, 0.15) is 46.5 Å². The van der Waals surface area contributed by atoms with Crippen LogP contribution in [-0.2, 0) is 4.79 Å². The average molecular weight is 283 g/mol. The van der Waals surface area contributed by atoms with E-state index in [0.717, 1.165) is 45.4 Å². The molecule has 0 aliphatic carbocycles. The summed E-state index contributed by atoms with van der Waals surface area (Å²) in [7, 11) is 4.12. The van der Waals surface area contributed by atoms with E-state index in [-0.39, 0.29) is 11.4 Å². The molecule has 0 aromatic carbocycles. The van der Waals surface area contributed by atoms with Crippen LogP contribution < -0.4 is 5.32 Å². The van der Waals surface area contributed by atoms with Gasteiger partial charge in [-0.05, 0) is 79.7 Å². The molecule has 118 valence electrons. The van der Waals surface area contributed by atoms with Gasteiger partial charge in [0.25, 0.3) is 0 Å². The van der Waals surface area contributed by atoms with Gasteiger partial charge < -0.3 is 10.2 Å². The van der Waals surface area contributed by atoms with E-state index >= 15 is 0 Å². The molecule has 0 spiro atoms. The molecular formula is C16H33N3O. The minimum atomic E-state index is 0.234. The number of carbonyl (C=O) groups excluding carboxylic acids is 1. The van der Waals surface area contributed by atoms with Crippen molar-refractivity contribution in [2.45, 2.75) is 52.0 Å². The number of nitrogens with one attached hydrogen (secondary N) is 1. The number of carbonyl (C=O) groups is 1. The molecule has 20 heavy (non-hydrogen) atoms. The Kier molecular flexibility index (Phi) is 6.96. The van der Waals surface area contributed by atoms with Crippen molar-refractivity contribution >= 4 is 5.91 Å². The zero-order valence-corrected chi connectivity index (χ0v) is 14.0. The fourth-order valence-corrected chi connectivity index (χ4v) is 2.77. The van der Waals surface area contributed by atoms with E-state index in [1.165, 1.54) is 0 Å². The van der Waals surface area contributed by atoms with Crippen LogP contribution in [0.2, 0.25) is 0 Å². The standard InChI is InChI=1S/C16H33N3O/c1-16(2,3)19-11-7-14(8-12-19)13-15(20)17-9-6-10-18(4)5/h14H,6-13H2,1-5H3,(H,17,20). The Hall–Kier alpha value is -0.610. The Morgan fingerprint density at radius 1 is 1.25 bits per heavy atom. The lowest BCUT2D eigenvalue weighted by molar-refractivity contribution is -0.122. The molecule has 1 rings (SSSR count). The van der Waals surface area contributed by atoms with E-state index in [1.807, 2.05) is 0 Å². The van der Waals surface area contributed by atoms with Crippen LogP contribution in [-0.4, -0.2) is 61.5 Å². The van der Waals surface area contributed by atoms with Gasteiger partial charge in [-0.15, -0.1) is 0 Å². The fraction of sp³-hybridized carbons (Fsp3) is 0.938. The van der Waals surface area contributed by atoms with E-state index in [4.69, 9.17) is 0 Å². The maximum atomic E-state index is 11.9. The van der Waals surface area contributed by atoms with Gasteiger partial charge in [0.1, 0.15) is 0 Å². The van der Waals surface area contributed by atoms with Crippen LogP contribution in [0.25, 0.3) is 0 Å². The number of nitrogens with zero attached hydrogens (tertiary/aromatic N) is 2. The van der Waals surface area contributed by atoms with Crippen molar-refractivity contribution < 1.29 is 4.79 Å². The third-order valence-corrected chi connectivity index (χ3v) is 4.14. The van der Waals surface area contributed by atoms with Crippen molar-refractivity contribution in [2.75, 3.05) is 40.3 Å². The lowest BCUT2D eigenvalue weighted by Gasteiger charge is -2.40. The summed E-state index contributed by atoms with van der Waals surface area (Å²) in [6.07, 6.45) is 4.05. The summed E-state index contributed by atoms with van der Waals surface area (Å²) in [6, 6.07) is 0. The Labute approximate surface area is 124 Å². The van der Waals surface area contributed by atoms with Crippen molar-refractivity contribution in [3.8, 4) is 0 Å². The highest BCUT2D eigenvalue weighted by Crippen LogP contribution is 2.25. The Balaban J connectivity index is 2.15. The number of likely N-dealkylation sites (tertiary alicyclic amines) is 1. The zero-order chi connectivity index (χ0) is 15.2. The number of piperidine rings is 1. The molecule has 0 radical (unpaired) electrons. The molecule has 0 saturated carbocycles. The van der Waals surface area contributed by atoms with Gasteiger partial charge in [-0.25, -0.2) is 0 Å². The van der Waals surface area contributed by atoms with Crippen molar-refractivity contribution in [3.05, 3.63) is 0 Å². The zero-order valence-electron chi connectivity index (χ0n) is 14.0. The van der Waals surface area contributed by atoms with Gasteiger partial charge in [0, 0.05) is 18.5 Å². The second-order valence-corrected chi connectivity index (χ2v) is 7.31. The molecule has 1 N–H and O–H groups in total. The Bertz CT molecular complexity index is 289. The third kappa shape index (κ3) is 6.71. The van der Waals surface area contributed by atoms with Crippen molar-refractivity contribution in [2.24, 2.45) is 5.92 Å². The van der Waals surface area contributed by atoms with E-state index in [1.54, 1.807) is 0 Å². The molecular weight excluding hydrogens is 250 g/mol. The van der Waals surface area contributed by atoms with Gasteiger partial charge >= 0.3 is 0 Å². The molecule has 1 aliphatic rings. The van der Waals surface area contributed by atoms with Crippen LogP contribution in [0.3, 0.4) is 0 Å². The largest absolute Gasteiger partial charge is 0.356 e. The first-order chi connectivity index (χ1) is 9.29. The molecule has 1 fully saturated rings. The molecule has 0 atom stereocenters. The quantitative estimate of drug-likeness (QED) is 0.757. The second-order valence-electron chi connectivity index (χ2n) is 7.31. The Morgan fingerprint density at radius 3 is 2.35 bits per heavy atom. The van der Waals surface area contributed by atoms with Crippen LogP contribution >= 0.6 is 0 Å². The van der Waals surface area contributed by atoms with Crippen molar-refractivity contribution in [1.29, 1.82) is 0 Å². The fourth-order valence-electron chi connectivity index (χ4n) is 2.77. The third-order valence-electron chi connectivity index (χ3n) is 4.14. The summed E-state index contributed by atoms with van der Waals surface area (Å²) in [6.45, 7) is 10.9. The molecule has 0 bridgehead atoms. The minimum absolute atomic E-state index is 0.234. The first-order valence-electron chi connectivity index (χ1n) is 7.95. The monoisotopic (exact) mass is 283 g/mol. The van der Waals surface area contributed by atoms with Crippen molar-refractivity contribution in [1.82, 2.24) is 15.1 Å². The van der Waals surface area contributed by atoms with E-state index < -0.39 is 0 Å². The molecule has 0 aromatic heterocycles. The molecule has 1 aliphatic heterocycles. The van der Waals surface area contributed by atoms with Crippen LogP contribution in [0.5, 0.6) is 0 Å². The predicted octanol–water partition coefficient (Wildman–Crippen LogP) is 1.95. The van der Waals surface area contributed by atoms with Crippen molar-refractivity contribution in [3.63, 3.8) is 0 Å². The molecule has 0 aromatic rings. The average Bonchev–Trinajstić information content (AvgIpc) is 2.34. The summed E-state index contributed by atoms with van der Waals surface area (Å²) in [5.41, 5.74) is 0.263. The summed E-state index contributed by atoms with van der Waals surface area (Å²) < 4.78 is 0. The molecule has 0 unspecified atom stereocenters. The number of rotatable bonds is 6. The van der Waals surface area contributed by atoms with E-state index in [0.29, 0.717) is 12.3 Å². The van der Waals surface area contributed by atoms with Crippen LogP contribution in [0.4, 0.5) is 0 Å². The lowest BCUT2D eigenvalue weighted by atomic mass is 9.90. The first-order valence-corrected chi connectivity index (χ1v) is 7.95. The maximum Gasteiger partial charge on any atom is 0.220 e. The van der Waals surface area contributed by atoms with Crippen LogP contribution in [0, 0.1) is 5.92 Å². The number of amides is 1. The highest BCUT2D eigenvalue weighted by Gasteiger charge is 2.27. The molecule has 1 saturated heterocycles. The van der Waals surface area contributed by atoms with Gasteiger partial charge in [0.05, 0.1) is 0 Å². The van der Waals surface area contributed by atoms with E-state index in [2.05, 4.69) is 50.0 Å². The highest BCUT2D eigenvalue weighted by atomic mass is 16.1. The predicted molar refractivity (Wildman–Crippen MR) is 84.8 cm³/mol. The SMILES string of the molecule is CN(C)CCCNC(=O)CC1CCN(C(C)(C)C)CC1. The smallest absolute Gasteiger partial charge is 0.220 e. The van der Waals surface area contributed by atoms with Gasteiger partial charge in [-0.2, -0.15) is 0 Å². The molecule has 4 heteroatoms. The first kappa shape index (κ1) is 17.4.